The standard InChI is InChI=1S/C13H18O7/c14-5-7-1-3-8(4-2-7)13(19)12(18)11(17)10(16)9(6-15)20-13/h1-4,9-12,14-19H,5-6H2/t9-,10-,11+,12-,13-/m1/s1. The summed E-state index contributed by atoms with van der Waals surface area (Å²) in [4.78, 5) is 0. The van der Waals surface area contributed by atoms with E-state index in [1.165, 1.54) is 24.3 Å². The van der Waals surface area contributed by atoms with E-state index in [1.807, 2.05) is 0 Å². The van der Waals surface area contributed by atoms with Crippen molar-refractivity contribution in [2.24, 2.45) is 0 Å². The van der Waals surface area contributed by atoms with E-state index >= 15 is 0 Å². The minimum absolute atomic E-state index is 0.145. The van der Waals surface area contributed by atoms with E-state index in [9.17, 15) is 20.4 Å². The molecule has 0 aromatic heterocycles. The van der Waals surface area contributed by atoms with Gasteiger partial charge in [0.15, 0.2) is 0 Å². The van der Waals surface area contributed by atoms with Gasteiger partial charge < -0.3 is 35.4 Å². The molecule has 2 rings (SSSR count). The van der Waals surface area contributed by atoms with Crippen molar-refractivity contribution in [3.05, 3.63) is 35.4 Å². The van der Waals surface area contributed by atoms with Crippen LogP contribution in [0, 0.1) is 0 Å². The first kappa shape index (κ1) is 15.3. The van der Waals surface area contributed by atoms with Crippen LogP contribution in [-0.4, -0.2) is 61.7 Å². The highest BCUT2D eigenvalue weighted by molar-refractivity contribution is 5.27. The number of aliphatic hydroxyl groups excluding tert-OH is 5. The Labute approximate surface area is 115 Å². The second kappa shape index (κ2) is 5.74. The summed E-state index contributed by atoms with van der Waals surface area (Å²) < 4.78 is 5.16. The largest absolute Gasteiger partial charge is 0.394 e. The minimum Gasteiger partial charge on any atom is -0.394 e. The molecule has 112 valence electrons. The van der Waals surface area contributed by atoms with Crippen molar-refractivity contribution in [2.75, 3.05) is 6.61 Å². The summed E-state index contributed by atoms with van der Waals surface area (Å²) in [6, 6.07) is 5.89. The first-order chi connectivity index (χ1) is 9.43. The van der Waals surface area contributed by atoms with E-state index < -0.39 is 36.8 Å². The fourth-order valence-corrected chi connectivity index (χ4v) is 2.24. The molecule has 1 saturated heterocycles. The smallest absolute Gasteiger partial charge is 0.222 e. The predicted molar refractivity (Wildman–Crippen MR) is 66.2 cm³/mol. The van der Waals surface area contributed by atoms with Gasteiger partial charge in [-0.05, 0) is 5.56 Å². The number of hydrogen-bond acceptors (Lipinski definition) is 7. The molecule has 0 aliphatic carbocycles. The predicted octanol–water partition coefficient (Wildman–Crippen LogP) is -2.20. The van der Waals surface area contributed by atoms with Crippen LogP contribution in [0.2, 0.25) is 0 Å². The zero-order valence-corrected chi connectivity index (χ0v) is 10.6. The second-order valence-corrected chi connectivity index (χ2v) is 4.82. The molecular formula is C13H18O7. The molecule has 0 saturated carbocycles. The summed E-state index contributed by atoms with van der Waals surface area (Å²) in [5, 5.41) is 57.8. The fourth-order valence-electron chi connectivity index (χ4n) is 2.24. The lowest BCUT2D eigenvalue weighted by molar-refractivity contribution is -0.357. The first-order valence-electron chi connectivity index (χ1n) is 6.19. The molecule has 1 fully saturated rings. The molecule has 6 N–H and O–H groups in total. The Balaban J connectivity index is 2.35. The van der Waals surface area contributed by atoms with E-state index in [0.717, 1.165) is 0 Å². The van der Waals surface area contributed by atoms with Crippen molar-refractivity contribution in [1.29, 1.82) is 0 Å². The Morgan fingerprint density at radius 3 is 2.10 bits per heavy atom. The van der Waals surface area contributed by atoms with Gasteiger partial charge in [0.25, 0.3) is 0 Å². The van der Waals surface area contributed by atoms with Crippen molar-refractivity contribution in [1.82, 2.24) is 0 Å². The lowest BCUT2D eigenvalue weighted by Crippen LogP contribution is -2.63. The number of aliphatic hydroxyl groups is 6. The number of rotatable bonds is 3. The van der Waals surface area contributed by atoms with Crippen LogP contribution in [0.4, 0.5) is 0 Å². The van der Waals surface area contributed by atoms with Crippen LogP contribution in [0.25, 0.3) is 0 Å². The maximum absolute atomic E-state index is 10.4. The van der Waals surface area contributed by atoms with Crippen LogP contribution in [-0.2, 0) is 17.1 Å². The number of benzene rings is 1. The molecule has 5 atom stereocenters. The van der Waals surface area contributed by atoms with Crippen molar-refractivity contribution >= 4 is 0 Å². The molecule has 0 radical (unpaired) electrons. The highest BCUT2D eigenvalue weighted by Gasteiger charge is 2.53. The maximum Gasteiger partial charge on any atom is 0.222 e. The third kappa shape index (κ3) is 2.45. The van der Waals surface area contributed by atoms with E-state index in [1.54, 1.807) is 0 Å². The Kier molecular flexibility index (Phi) is 4.40. The van der Waals surface area contributed by atoms with Gasteiger partial charge in [-0.25, -0.2) is 0 Å². The van der Waals surface area contributed by atoms with Crippen LogP contribution in [0.1, 0.15) is 11.1 Å². The van der Waals surface area contributed by atoms with E-state index in [2.05, 4.69) is 0 Å². The molecule has 0 spiro atoms. The molecule has 20 heavy (non-hydrogen) atoms. The van der Waals surface area contributed by atoms with Crippen molar-refractivity contribution in [3.63, 3.8) is 0 Å². The molecule has 1 aliphatic rings. The first-order valence-corrected chi connectivity index (χ1v) is 6.19. The highest BCUT2D eigenvalue weighted by Crippen LogP contribution is 2.36. The third-order valence-corrected chi connectivity index (χ3v) is 3.52. The van der Waals surface area contributed by atoms with Gasteiger partial charge in [-0.15, -0.1) is 0 Å². The van der Waals surface area contributed by atoms with E-state index in [0.29, 0.717) is 5.56 Å². The lowest BCUT2D eigenvalue weighted by atomic mass is 9.88. The minimum atomic E-state index is -2.25. The molecule has 0 unspecified atom stereocenters. The van der Waals surface area contributed by atoms with Gasteiger partial charge in [-0.2, -0.15) is 0 Å². The van der Waals surface area contributed by atoms with Crippen LogP contribution < -0.4 is 0 Å². The Morgan fingerprint density at radius 2 is 1.60 bits per heavy atom. The highest BCUT2D eigenvalue weighted by atomic mass is 16.7. The molecule has 1 aliphatic heterocycles. The van der Waals surface area contributed by atoms with Crippen LogP contribution >= 0.6 is 0 Å². The number of ether oxygens (including phenoxy) is 1. The van der Waals surface area contributed by atoms with Gasteiger partial charge >= 0.3 is 0 Å². The Bertz CT molecular complexity index is 447. The molecule has 1 aromatic rings. The molecular weight excluding hydrogens is 268 g/mol. The topological polar surface area (TPSA) is 131 Å². The Hall–Kier alpha value is -1.06. The van der Waals surface area contributed by atoms with Crippen LogP contribution in [0.3, 0.4) is 0 Å². The molecule has 7 heteroatoms. The van der Waals surface area contributed by atoms with Gasteiger partial charge in [-0.3, -0.25) is 0 Å². The summed E-state index contributed by atoms with van der Waals surface area (Å²) in [5.74, 6) is -2.25. The van der Waals surface area contributed by atoms with Crippen molar-refractivity contribution in [3.8, 4) is 0 Å². The Morgan fingerprint density at radius 1 is 1.00 bits per heavy atom. The summed E-state index contributed by atoms with van der Waals surface area (Å²) >= 11 is 0. The van der Waals surface area contributed by atoms with Crippen molar-refractivity contribution in [2.45, 2.75) is 36.8 Å². The molecule has 7 nitrogen and oxygen atoms in total. The normalized spacial score (nSPS) is 37.9. The average Bonchev–Trinajstić information content (AvgIpc) is 2.49. The van der Waals surface area contributed by atoms with Gasteiger partial charge in [0, 0.05) is 5.56 Å². The second-order valence-electron chi connectivity index (χ2n) is 4.82. The third-order valence-electron chi connectivity index (χ3n) is 3.52. The monoisotopic (exact) mass is 286 g/mol. The van der Waals surface area contributed by atoms with Gasteiger partial charge in [0.2, 0.25) is 5.79 Å². The quantitative estimate of drug-likeness (QED) is 0.372. The molecule has 0 bridgehead atoms. The summed E-state index contributed by atoms with van der Waals surface area (Å²) in [6.45, 7) is -0.801. The van der Waals surface area contributed by atoms with Crippen LogP contribution in [0.5, 0.6) is 0 Å². The SMILES string of the molecule is OCc1ccc([C@@]2(O)O[C@H](CO)[C@@H](O)[C@H](O)[C@H]2O)cc1. The summed E-state index contributed by atoms with van der Waals surface area (Å²) in [6.07, 6.45) is -6.17. The van der Waals surface area contributed by atoms with Gasteiger partial charge in [0.05, 0.1) is 13.2 Å². The van der Waals surface area contributed by atoms with Crippen molar-refractivity contribution < 1.29 is 35.4 Å². The average molecular weight is 286 g/mol. The lowest BCUT2D eigenvalue weighted by Gasteiger charge is -2.45. The van der Waals surface area contributed by atoms with Crippen LogP contribution in [0.15, 0.2) is 24.3 Å². The maximum atomic E-state index is 10.4. The van der Waals surface area contributed by atoms with Gasteiger partial charge in [0.1, 0.15) is 24.4 Å². The molecule has 1 heterocycles. The van der Waals surface area contributed by atoms with E-state index in [4.69, 9.17) is 14.9 Å². The summed E-state index contributed by atoms with van der Waals surface area (Å²) in [5.41, 5.74) is 0.744. The zero-order valence-electron chi connectivity index (χ0n) is 10.6. The summed E-state index contributed by atoms with van der Waals surface area (Å²) in [7, 11) is 0. The zero-order chi connectivity index (χ0) is 14.9. The number of hydrogen-bond donors (Lipinski definition) is 6. The fraction of sp³-hybridized carbons (Fsp3) is 0.538. The molecule has 0 amide bonds. The molecule has 1 aromatic carbocycles. The van der Waals surface area contributed by atoms with Gasteiger partial charge in [-0.1, -0.05) is 24.3 Å². The van der Waals surface area contributed by atoms with E-state index in [-0.39, 0.29) is 12.2 Å².